The number of aryl methyl sites for hydroxylation is 2. The number of methoxy groups -OCH3 is 1. The van der Waals surface area contributed by atoms with E-state index in [1.54, 1.807) is 0 Å². The van der Waals surface area contributed by atoms with Crippen molar-refractivity contribution in [3.8, 4) is 5.75 Å². The third kappa shape index (κ3) is 4.27. The fourth-order valence-corrected chi connectivity index (χ4v) is 3.68. The van der Waals surface area contributed by atoms with E-state index in [4.69, 9.17) is 9.47 Å². The first-order chi connectivity index (χ1) is 11.0. The second kappa shape index (κ2) is 7.85. The highest BCUT2D eigenvalue weighted by Crippen LogP contribution is 2.47. The molecule has 0 saturated heterocycles. The van der Waals surface area contributed by atoms with E-state index in [0.29, 0.717) is 11.8 Å². The molecule has 1 aliphatic rings. The maximum atomic E-state index is 11.6. The van der Waals surface area contributed by atoms with E-state index in [1.807, 2.05) is 0 Å². The summed E-state index contributed by atoms with van der Waals surface area (Å²) in [6.45, 7) is 9.47. The van der Waals surface area contributed by atoms with Crippen molar-refractivity contribution in [2.45, 2.75) is 59.3 Å². The molecular formula is C20H30O3. The highest BCUT2D eigenvalue weighted by Gasteiger charge is 2.44. The van der Waals surface area contributed by atoms with E-state index in [9.17, 15) is 4.79 Å². The van der Waals surface area contributed by atoms with E-state index in [1.165, 1.54) is 23.8 Å². The van der Waals surface area contributed by atoms with E-state index < -0.39 is 0 Å². The summed E-state index contributed by atoms with van der Waals surface area (Å²) in [5, 5.41) is 0. The van der Waals surface area contributed by atoms with Gasteiger partial charge in [0.15, 0.2) is 0 Å². The number of ether oxygens (including phenoxy) is 2. The molecule has 0 spiro atoms. The molecule has 0 aliphatic heterocycles. The summed E-state index contributed by atoms with van der Waals surface area (Å²) in [7, 11) is 1.48. The molecule has 0 heterocycles. The Kier molecular flexibility index (Phi) is 6.09. The normalized spacial score (nSPS) is 20.9. The minimum absolute atomic E-state index is 0.0402. The summed E-state index contributed by atoms with van der Waals surface area (Å²) in [6, 6.07) is 4.32. The predicted molar refractivity (Wildman–Crippen MR) is 93.0 cm³/mol. The van der Waals surface area contributed by atoms with Crippen molar-refractivity contribution >= 4 is 5.97 Å². The first-order valence-corrected chi connectivity index (χ1v) is 8.83. The number of esters is 1. The lowest BCUT2D eigenvalue weighted by Crippen LogP contribution is -2.09. The molecule has 1 saturated carbocycles. The van der Waals surface area contributed by atoms with Crippen molar-refractivity contribution in [1.82, 2.24) is 0 Å². The maximum absolute atomic E-state index is 11.6. The summed E-state index contributed by atoms with van der Waals surface area (Å²) in [5.74, 6) is 2.06. The summed E-state index contributed by atoms with van der Waals surface area (Å²) < 4.78 is 10.7. The van der Waals surface area contributed by atoms with Crippen LogP contribution in [0.3, 0.4) is 0 Å². The second-order valence-electron chi connectivity index (χ2n) is 6.79. The van der Waals surface area contributed by atoms with Crippen LogP contribution < -0.4 is 4.74 Å². The number of benzene rings is 1. The fourth-order valence-electron chi connectivity index (χ4n) is 3.68. The fraction of sp³-hybridized carbons (Fsp3) is 0.650. The van der Waals surface area contributed by atoms with Gasteiger partial charge in [0.05, 0.1) is 19.6 Å². The average molecular weight is 318 g/mol. The minimum Gasteiger partial charge on any atom is -0.494 e. The molecule has 0 aromatic heterocycles. The Hall–Kier alpha value is -1.51. The SMILES string of the molecule is CCCOc1cc(C)c(C(CC)CC2CC2C(=O)OC)c(C)c1. The van der Waals surface area contributed by atoms with E-state index in [2.05, 4.69) is 39.8 Å². The van der Waals surface area contributed by atoms with Gasteiger partial charge in [0.2, 0.25) is 0 Å². The van der Waals surface area contributed by atoms with Gasteiger partial charge in [0, 0.05) is 0 Å². The maximum Gasteiger partial charge on any atom is 0.308 e. The third-order valence-electron chi connectivity index (χ3n) is 4.95. The van der Waals surface area contributed by atoms with Crippen LogP contribution in [0, 0.1) is 25.7 Å². The van der Waals surface area contributed by atoms with Gasteiger partial charge in [-0.05, 0) is 80.2 Å². The molecule has 0 amide bonds. The first-order valence-electron chi connectivity index (χ1n) is 8.83. The summed E-state index contributed by atoms with van der Waals surface area (Å²) in [6.07, 6.45) is 4.18. The third-order valence-corrected chi connectivity index (χ3v) is 4.95. The molecule has 0 N–H and O–H groups in total. The Morgan fingerprint density at radius 1 is 1.26 bits per heavy atom. The Morgan fingerprint density at radius 2 is 1.91 bits per heavy atom. The summed E-state index contributed by atoms with van der Waals surface area (Å²) in [4.78, 5) is 11.6. The molecule has 0 radical (unpaired) electrons. The molecular weight excluding hydrogens is 288 g/mol. The number of rotatable bonds is 8. The highest BCUT2D eigenvalue weighted by atomic mass is 16.5. The number of hydrogen-bond acceptors (Lipinski definition) is 3. The van der Waals surface area contributed by atoms with Gasteiger partial charge in [-0.25, -0.2) is 0 Å². The number of hydrogen-bond donors (Lipinski definition) is 0. The number of carbonyl (C=O) groups excluding carboxylic acids is 1. The molecule has 3 heteroatoms. The quantitative estimate of drug-likeness (QED) is 0.647. The lowest BCUT2D eigenvalue weighted by molar-refractivity contribution is -0.142. The molecule has 1 aromatic carbocycles. The second-order valence-corrected chi connectivity index (χ2v) is 6.79. The van der Waals surface area contributed by atoms with Gasteiger partial charge in [-0.3, -0.25) is 4.79 Å². The van der Waals surface area contributed by atoms with Gasteiger partial charge in [0.1, 0.15) is 5.75 Å². The molecule has 1 fully saturated rings. The van der Waals surface area contributed by atoms with Crippen LogP contribution in [0.15, 0.2) is 12.1 Å². The van der Waals surface area contributed by atoms with Crippen LogP contribution in [0.25, 0.3) is 0 Å². The van der Waals surface area contributed by atoms with Crippen LogP contribution in [0.1, 0.15) is 62.1 Å². The summed E-state index contributed by atoms with van der Waals surface area (Å²) in [5.41, 5.74) is 4.04. The average Bonchev–Trinajstić information content (AvgIpc) is 3.29. The van der Waals surface area contributed by atoms with Crippen LogP contribution in [0.5, 0.6) is 5.75 Å². The van der Waals surface area contributed by atoms with Crippen LogP contribution in [-0.4, -0.2) is 19.7 Å². The molecule has 3 nitrogen and oxygen atoms in total. The van der Waals surface area contributed by atoms with Gasteiger partial charge in [-0.15, -0.1) is 0 Å². The predicted octanol–water partition coefficient (Wildman–Crippen LogP) is 4.79. The lowest BCUT2D eigenvalue weighted by Gasteiger charge is -2.21. The lowest BCUT2D eigenvalue weighted by atomic mass is 9.85. The van der Waals surface area contributed by atoms with Crippen LogP contribution in [-0.2, 0) is 9.53 Å². The van der Waals surface area contributed by atoms with Crippen molar-refractivity contribution in [1.29, 1.82) is 0 Å². The Balaban J connectivity index is 2.10. The Bertz CT molecular complexity index is 527. The molecule has 1 aromatic rings. The Morgan fingerprint density at radius 3 is 2.43 bits per heavy atom. The van der Waals surface area contributed by atoms with Crippen molar-refractivity contribution < 1.29 is 14.3 Å². The van der Waals surface area contributed by atoms with E-state index in [0.717, 1.165) is 38.0 Å². The molecule has 3 atom stereocenters. The van der Waals surface area contributed by atoms with Crippen molar-refractivity contribution in [3.05, 3.63) is 28.8 Å². The van der Waals surface area contributed by atoms with Gasteiger partial charge in [-0.2, -0.15) is 0 Å². The smallest absolute Gasteiger partial charge is 0.308 e. The van der Waals surface area contributed by atoms with E-state index >= 15 is 0 Å². The number of carbonyl (C=O) groups is 1. The molecule has 0 bridgehead atoms. The van der Waals surface area contributed by atoms with Crippen LogP contribution in [0.4, 0.5) is 0 Å². The zero-order valence-electron chi connectivity index (χ0n) is 15.1. The molecule has 1 aliphatic carbocycles. The zero-order valence-corrected chi connectivity index (χ0v) is 15.1. The molecule has 23 heavy (non-hydrogen) atoms. The molecule has 2 rings (SSSR count). The van der Waals surface area contributed by atoms with Crippen molar-refractivity contribution in [3.63, 3.8) is 0 Å². The van der Waals surface area contributed by atoms with Crippen LogP contribution >= 0.6 is 0 Å². The van der Waals surface area contributed by atoms with E-state index in [-0.39, 0.29) is 11.9 Å². The highest BCUT2D eigenvalue weighted by molar-refractivity contribution is 5.75. The van der Waals surface area contributed by atoms with Crippen molar-refractivity contribution in [2.75, 3.05) is 13.7 Å². The zero-order chi connectivity index (χ0) is 17.0. The largest absolute Gasteiger partial charge is 0.494 e. The first kappa shape index (κ1) is 17.8. The van der Waals surface area contributed by atoms with Crippen LogP contribution in [0.2, 0.25) is 0 Å². The van der Waals surface area contributed by atoms with Gasteiger partial charge in [-0.1, -0.05) is 13.8 Å². The summed E-state index contributed by atoms with van der Waals surface area (Å²) >= 11 is 0. The van der Waals surface area contributed by atoms with Gasteiger partial charge < -0.3 is 9.47 Å². The van der Waals surface area contributed by atoms with Crippen molar-refractivity contribution in [2.24, 2.45) is 11.8 Å². The minimum atomic E-state index is -0.0402. The Labute approximate surface area is 140 Å². The monoisotopic (exact) mass is 318 g/mol. The van der Waals surface area contributed by atoms with Gasteiger partial charge in [0.25, 0.3) is 0 Å². The topological polar surface area (TPSA) is 35.5 Å². The van der Waals surface area contributed by atoms with Gasteiger partial charge >= 0.3 is 5.97 Å². The standard InChI is InChI=1S/C20H30O3/c1-6-8-23-17-9-13(3)19(14(4)10-17)15(7-2)11-16-12-18(16)20(21)22-5/h9-10,15-16,18H,6-8,11-12H2,1-5H3. The molecule has 128 valence electrons. The molecule has 3 unspecified atom stereocenters.